The van der Waals surface area contributed by atoms with E-state index in [1.54, 1.807) is 19.1 Å². The van der Waals surface area contributed by atoms with E-state index < -0.39 is 11.6 Å². The standard InChI is InChI=1S/C18H19ClO4S/c1-12(24-11-13-3-5-14(19)6-4-13)18(2,17(21)22)23-16-9-7-15(20)8-10-16/h3-10,12,20H,11H2,1-2H3,(H,21,22). The molecule has 6 heteroatoms. The topological polar surface area (TPSA) is 66.8 Å². The predicted molar refractivity (Wildman–Crippen MR) is 97.0 cm³/mol. The van der Waals surface area contributed by atoms with Crippen LogP contribution in [0.25, 0.3) is 0 Å². The molecule has 0 aromatic heterocycles. The molecule has 2 unspecified atom stereocenters. The first-order valence-electron chi connectivity index (χ1n) is 7.39. The van der Waals surface area contributed by atoms with Crippen molar-refractivity contribution in [3.63, 3.8) is 0 Å². The van der Waals surface area contributed by atoms with Gasteiger partial charge in [-0.1, -0.05) is 23.7 Å². The molecule has 0 saturated heterocycles. The number of aromatic hydroxyl groups is 1. The summed E-state index contributed by atoms with van der Waals surface area (Å²) in [5.74, 6) is 0.119. The highest BCUT2D eigenvalue weighted by molar-refractivity contribution is 7.99. The van der Waals surface area contributed by atoms with Crippen molar-refractivity contribution in [3.8, 4) is 11.5 Å². The maximum absolute atomic E-state index is 11.8. The number of phenolic OH excluding ortho intramolecular Hbond substituents is 1. The molecule has 0 saturated carbocycles. The van der Waals surface area contributed by atoms with E-state index >= 15 is 0 Å². The van der Waals surface area contributed by atoms with E-state index in [1.807, 2.05) is 31.2 Å². The number of carboxylic acids is 1. The van der Waals surface area contributed by atoms with Crippen LogP contribution in [0, 0.1) is 0 Å². The number of ether oxygens (including phenoxy) is 1. The highest BCUT2D eigenvalue weighted by Gasteiger charge is 2.42. The third kappa shape index (κ3) is 4.58. The second kappa shape index (κ2) is 7.81. The zero-order valence-corrected chi connectivity index (χ0v) is 15.0. The molecule has 0 aliphatic heterocycles. The van der Waals surface area contributed by atoms with Gasteiger partial charge in [-0.3, -0.25) is 0 Å². The van der Waals surface area contributed by atoms with Crippen LogP contribution >= 0.6 is 23.4 Å². The van der Waals surface area contributed by atoms with E-state index in [1.165, 1.54) is 23.9 Å². The minimum Gasteiger partial charge on any atom is -0.508 e. The Morgan fingerprint density at radius 2 is 1.79 bits per heavy atom. The van der Waals surface area contributed by atoms with Crippen LogP contribution in [0.5, 0.6) is 11.5 Å². The summed E-state index contributed by atoms with van der Waals surface area (Å²) >= 11 is 7.36. The normalized spacial score (nSPS) is 14.6. The van der Waals surface area contributed by atoms with Crippen molar-refractivity contribution < 1.29 is 19.7 Å². The Bertz CT molecular complexity index is 687. The lowest BCUT2D eigenvalue weighted by Crippen LogP contribution is -2.49. The maximum atomic E-state index is 11.8. The van der Waals surface area contributed by atoms with E-state index in [-0.39, 0.29) is 11.0 Å². The molecule has 0 amide bonds. The molecule has 0 bridgehead atoms. The van der Waals surface area contributed by atoms with Crippen LogP contribution in [0.3, 0.4) is 0 Å². The van der Waals surface area contributed by atoms with Crippen LogP contribution in [0.4, 0.5) is 0 Å². The molecule has 128 valence electrons. The quantitative estimate of drug-likeness (QED) is 0.750. The Morgan fingerprint density at radius 1 is 1.21 bits per heavy atom. The molecule has 0 aliphatic rings. The molecule has 2 aromatic carbocycles. The monoisotopic (exact) mass is 366 g/mol. The summed E-state index contributed by atoms with van der Waals surface area (Å²) < 4.78 is 5.74. The minimum absolute atomic E-state index is 0.101. The lowest BCUT2D eigenvalue weighted by atomic mass is 10.0. The summed E-state index contributed by atoms with van der Waals surface area (Å²) in [5.41, 5.74) is -0.331. The molecule has 0 spiro atoms. The molecular weight excluding hydrogens is 348 g/mol. The van der Waals surface area contributed by atoms with Crippen molar-refractivity contribution >= 4 is 29.3 Å². The molecule has 2 atom stereocenters. The molecule has 2 aromatic rings. The summed E-state index contributed by atoms with van der Waals surface area (Å²) in [6, 6.07) is 13.5. The Balaban J connectivity index is 2.08. The van der Waals surface area contributed by atoms with Gasteiger partial charge in [0.25, 0.3) is 0 Å². The molecule has 0 radical (unpaired) electrons. The predicted octanol–water partition coefficient (Wildman–Crippen LogP) is 4.59. The van der Waals surface area contributed by atoms with E-state index in [0.717, 1.165) is 5.56 Å². The Labute approximate surface area is 150 Å². The van der Waals surface area contributed by atoms with E-state index in [9.17, 15) is 15.0 Å². The van der Waals surface area contributed by atoms with Gasteiger partial charge in [0.1, 0.15) is 11.5 Å². The maximum Gasteiger partial charge on any atom is 0.348 e. The zero-order chi connectivity index (χ0) is 17.7. The SMILES string of the molecule is CC(SCc1ccc(Cl)cc1)C(C)(Oc1ccc(O)cc1)C(=O)O. The number of benzene rings is 2. The fourth-order valence-electron chi connectivity index (χ4n) is 2.02. The Kier molecular flexibility index (Phi) is 6.02. The van der Waals surface area contributed by atoms with E-state index in [4.69, 9.17) is 16.3 Å². The first-order chi connectivity index (χ1) is 11.3. The third-order valence-corrected chi connectivity index (χ3v) is 5.48. The Hall–Kier alpha value is -1.85. The fourth-order valence-corrected chi connectivity index (χ4v) is 3.25. The number of carbonyl (C=O) groups is 1. The van der Waals surface area contributed by atoms with Gasteiger partial charge in [-0.05, 0) is 55.8 Å². The second-order valence-electron chi connectivity index (χ2n) is 5.59. The van der Waals surface area contributed by atoms with Gasteiger partial charge in [-0.15, -0.1) is 11.8 Å². The van der Waals surface area contributed by atoms with Crippen molar-refractivity contribution in [1.29, 1.82) is 0 Å². The second-order valence-corrected chi connectivity index (χ2v) is 7.35. The number of hydrogen-bond donors (Lipinski definition) is 2. The summed E-state index contributed by atoms with van der Waals surface area (Å²) in [6.45, 7) is 3.39. The molecular formula is C18H19ClO4S. The molecule has 2 N–H and O–H groups in total. The number of phenols is 1. The number of thioether (sulfide) groups is 1. The number of hydrogen-bond acceptors (Lipinski definition) is 4. The van der Waals surface area contributed by atoms with Crippen LogP contribution < -0.4 is 4.74 Å². The molecule has 4 nitrogen and oxygen atoms in total. The van der Waals surface area contributed by atoms with Crippen LogP contribution in [0.15, 0.2) is 48.5 Å². The van der Waals surface area contributed by atoms with Gasteiger partial charge in [0.2, 0.25) is 5.60 Å². The van der Waals surface area contributed by atoms with Crippen molar-refractivity contribution in [1.82, 2.24) is 0 Å². The number of aliphatic carboxylic acids is 1. The van der Waals surface area contributed by atoms with Gasteiger partial charge in [-0.2, -0.15) is 0 Å². The van der Waals surface area contributed by atoms with Crippen molar-refractivity contribution in [2.45, 2.75) is 30.5 Å². The number of rotatable bonds is 7. The Morgan fingerprint density at radius 3 is 2.33 bits per heavy atom. The smallest absolute Gasteiger partial charge is 0.348 e. The van der Waals surface area contributed by atoms with Crippen molar-refractivity contribution in [2.24, 2.45) is 0 Å². The van der Waals surface area contributed by atoms with Crippen molar-refractivity contribution in [3.05, 3.63) is 59.1 Å². The van der Waals surface area contributed by atoms with Gasteiger partial charge >= 0.3 is 5.97 Å². The summed E-state index contributed by atoms with van der Waals surface area (Å²) in [6.07, 6.45) is 0. The summed E-state index contributed by atoms with van der Waals surface area (Å²) in [4.78, 5) is 11.8. The van der Waals surface area contributed by atoms with Gasteiger partial charge in [-0.25, -0.2) is 4.79 Å². The van der Waals surface area contributed by atoms with Gasteiger partial charge in [0.05, 0.1) is 5.25 Å². The molecule has 0 aliphatic carbocycles. The molecule has 0 heterocycles. The first kappa shape index (κ1) is 18.5. The molecule has 2 rings (SSSR count). The molecule has 24 heavy (non-hydrogen) atoms. The van der Waals surface area contributed by atoms with Crippen LogP contribution in [0.2, 0.25) is 5.02 Å². The highest BCUT2D eigenvalue weighted by atomic mass is 35.5. The largest absolute Gasteiger partial charge is 0.508 e. The number of halogens is 1. The fraction of sp³-hybridized carbons (Fsp3) is 0.278. The number of carboxylic acid groups (broad SMARTS) is 1. The van der Waals surface area contributed by atoms with Crippen LogP contribution in [0.1, 0.15) is 19.4 Å². The van der Waals surface area contributed by atoms with Crippen LogP contribution in [-0.2, 0) is 10.5 Å². The average molecular weight is 367 g/mol. The van der Waals surface area contributed by atoms with Gasteiger partial charge < -0.3 is 14.9 Å². The van der Waals surface area contributed by atoms with E-state index in [2.05, 4.69) is 0 Å². The van der Waals surface area contributed by atoms with E-state index in [0.29, 0.717) is 16.5 Å². The first-order valence-corrected chi connectivity index (χ1v) is 8.81. The third-order valence-electron chi connectivity index (χ3n) is 3.78. The average Bonchev–Trinajstić information content (AvgIpc) is 2.56. The van der Waals surface area contributed by atoms with Crippen molar-refractivity contribution in [2.75, 3.05) is 0 Å². The van der Waals surface area contributed by atoms with Gasteiger partial charge in [0, 0.05) is 10.8 Å². The minimum atomic E-state index is -1.39. The van der Waals surface area contributed by atoms with Crippen LogP contribution in [-0.4, -0.2) is 27.0 Å². The highest BCUT2D eigenvalue weighted by Crippen LogP contribution is 2.32. The summed E-state index contributed by atoms with van der Waals surface area (Å²) in [5, 5.41) is 19.3. The summed E-state index contributed by atoms with van der Waals surface area (Å²) in [7, 11) is 0. The zero-order valence-electron chi connectivity index (χ0n) is 13.4. The molecule has 0 fully saturated rings. The lowest BCUT2D eigenvalue weighted by Gasteiger charge is -2.32. The lowest BCUT2D eigenvalue weighted by molar-refractivity contribution is -0.153. The van der Waals surface area contributed by atoms with Gasteiger partial charge in [0.15, 0.2) is 0 Å².